The molecule has 42 heavy (non-hydrogen) atoms. The Morgan fingerprint density at radius 2 is 1.76 bits per heavy atom. The first-order valence-electron chi connectivity index (χ1n) is 14.6. The van der Waals surface area contributed by atoms with Gasteiger partial charge in [0.25, 0.3) is 0 Å². The monoisotopic (exact) mass is 581 g/mol. The second-order valence-corrected chi connectivity index (χ2v) is 11.3. The van der Waals surface area contributed by atoms with Crippen molar-refractivity contribution in [2.45, 2.75) is 64.1 Å². The molecule has 0 bridgehead atoms. The minimum Gasteiger partial charge on any atom is -0.367 e. The van der Waals surface area contributed by atoms with Crippen molar-refractivity contribution >= 4 is 29.3 Å². The normalized spacial score (nSPS) is 14.1. The molecule has 1 aliphatic rings. The number of nitriles is 1. The van der Waals surface area contributed by atoms with E-state index >= 15 is 0 Å². The second kappa shape index (κ2) is 14.5. The Bertz CT molecular complexity index is 1490. The first kappa shape index (κ1) is 29.2. The maximum Gasteiger partial charge on any atom is 0.226 e. The van der Waals surface area contributed by atoms with E-state index < -0.39 is 0 Å². The molecular weight excluding hydrogens is 546 g/mol. The van der Waals surface area contributed by atoms with Crippen molar-refractivity contribution in [3.63, 3.8) is 0 Å². The number of amides is 1. The number of anilines is 2. The fraction of sp³-hybridized carbons (Fsp3) is 0.333. The van der Waals surface area contributed by atoms with Crippen LogP contribution in [0.25, 0.3) is 5.82 Å². The number of halogens is 1. The Hall–Kier alpha value is -4.35. The second-order valence-electron chi connectivity index (χ2n) is 10.9. The molecule has 2 aromatic heterocycles. The molecule has 0 aliphatic heterocycles. The lowest BCUT2D eigenvalue weighted by Crippen LogP contribution is -2.33. The summed E-state index contributed by atoms with van der Waals surface area (Å²) in [4.78, 5) is 22.7. The average Bonchev–Trinajstić information content (AvgIpc) is 3.55. The third kappa shape index (κ3) is 8.58. The fourth-order valence-electron chi connectivity index (χ4n) is 5.46. The van der Waals surface area contributed by atoms with Crippen LogP contribution >= 0.6 is 11.6 Å². The first-order chi connectivity index (χ1) is 20.5. The number of hydrogen-bond donors (Lipinski definition) is 3. The maximum atomic E-state index is 13.1. The van der Waals surface area contributed by atoms with Gasteiger partial charge in [0.2, 0.25) is 11.9 Å². The van der Waals surface area contributed by atoms with Gasteiger partial charge in [0.05, 0.1) is 11.6 Å². The standard InChI is InChI=1S/C33H36ClN7O/c34-28-10-6-9-27(17-28)23-37-33-39-30(20-31(40-33)41-15-4-5-16-41)38-29(18-24-7-2-1-3-8-24)19-32(42)36-22-26-13-11-25(21-35)12-14-26/h4-6,9-17,20,24,29H,1-3,7-8,18-19,22-23H2,(H,36,42)(H2,37,38,39,40). The molecule has 4 aromatic rings. The van der Waals surface area contributed by atoms with E-state index in [0.717, 1.165) is 23.4 Å². The summed E-state index contributed by atoms with van der Waals surface area (Å²) in [6, 6.07) is 22.9. The molecule has 3 N–H and O–H groups in total. The van der Waals surface area contributed by atoms with Crippen molar-refractivity contribution in [1.82, 2.24) is 19.9 Å². The Morgan fingerprint density at radius 3 is 2.50 bits per heavy atom. The maximum absolute atomic E-state index is 13.1. The van der Waals surface area contributed by atoms with E-state index in [2.05, 4.69) is 22.0 Å². The van der Waals surface area contributed by atoms with Crippen LogP contribution in [0.5, 0.6) is 0 Å². The van der Waals surface area contributed by atoms with Gasteiger partial charge >= 0.3 is 0 Å². The molecular formula is C33H36ClN7O. The van der Waals surface area contributed by atoms with Gasteiger partial charge in [-0.25, -0.2) is 0 Å². The van der Waals surface area contributed by atoms with Crippen LogP contribution in [0.1, 0.15) is 61.6 Å². The summed E-state index contributed by atoms with van der Waals surface area (Å²) in [5, 5.41) is 19.7. The number of carbonyl (C=O) groups excluding carboxylic acids is 1. The van der Waals surface area contributed by atoms with Gasteiger partial charge in [-0.1, -0.05) is 68.0 Å². The lowest BCUT2D eigenvalue weighted by atomic mass is 9.84. The van der Waals surface area contributed by atoms with E-state index in [9.17, 15) is 4.79 Å². The van der Waals surface area contributed by atoms with Crippen LogP contribution in [0.4, 0.5) is 11.8 Å². The Balaban J connectivity index is 1.31. The zero-order valence-electron chi connectivity index (χ0n) is 23.6. The van der Waals surface area contributed by atoms with Crippen molar-refractivity contribution in [3.8, 4) is 11.9 Å². The zero-order chi connectivity index (χ0) is 29.1. The molecule has 1 aliphatic carbocycles. The van der Waals surface area contributed by atoms with Gasteiger partial charge in [0, 0.05) is 49.0 Å². The Labute approximate surface area is 252 Å². The molecule has 5 rings (SSSR count). The lowest BCUT2D eigenvalue weighted by molar-refractivity contribution is -0.121. The van der Waals surface area contributed by atoms with Crippen molar-refractivity contribution in [2.75, 3.05) is 10.6 Å². The summed E-state index contributed by atoms with van der Waals surface area (Å²) >= 11 is 6.18. The number of rotatable bonds is 12. The molecule has 0 saturated heterocycles. The average molecular weight is 582 g/mol. The third-order valence-corrected chi connectivity index (χ3v) is 7.86. The SMILES string of the molecule is N#Cc1ccc(CNC(=O)CC(CC2CCCCC2)Nc2cc(-n3cccc3)nc(NCc3cccc(Cl)c3)n2)cc1. The van der Waals surface area contributed by atoms with Gasteiger partial charge in [0.15, 0.2) is 0 Å². The molecule has 0 radical (unpaired) electrons. The molecule has 8 nitrogen and oxygen atoms in total. The molecule has 216 valence electrons. The molecule has 1 saturated carbocycles. The van der Waals surface area contributed by atoms with E-state index in [1.165, 1.54) is 32.1 Å². The summed E-state index contributed by atoms with van der Waals surface area (Å²) in [6.07, 6.45) is 11.3. The molecule has 0 spiro atoms. The molecule has 2 heterocycles. The van der Waals surface area contributed by atoms with E-state index in [0.29, 0.717) is 47.8 Å². The van der Waals surface area contributed by atoms with Gasteiger partial charge in [-0.3, -0.25) is 4.79 Å². The Kier molecular flexibility index (Phi) is 10.1. The molecule has 1 fully saturated rings. The highest BCUT2D eigenvalue weighted by atomic mass is 35.5. The number of carbonyl (C=O) groups is 1. The first-order valence-corrected chi connectivity index (χ1v) is 14.9. The molecule has 1 atom stereocenters. The van der Waals surface area contributed by atoms with Crippen molar-refractivity contribution < 1.29 is 4.79 Å². The highest BCUT2D eigenvalue weighted by Crippen LogP contribution is 2.29. The van der Waals surface area contributed by atoms with Crippen LogP contribution in [0.2, 0.25) is 5.02 Å². The summed E-state index contributed by atoms with van der Waals surface area (Å²) in [5.41, 5.74) is 2.59. The van der Waals surface area contributed by atoms with Crippen LogP contribution in [-0.2, 0) is 17.9 Å². The van der Waals surface area contributed by atoms with Crippen LogP contribution in [0.15, 0.2) is 79.1 Å². The van der Waals surface area contributed by atoms with Gasteiger partial charge in [-0.05, 0) is 59.9 Å². The largest absolute Gasteiger partial charge is 0.367 e. The van der Waals surface area contributed by atoms with E-state index in [-0.39, 0.29) is 11.9 Å². The number of hydrogen-bond acceptors (Lipinski definition) is 6. The van der Waals surface area contributed by atoms with Crippen molar-refractivity contribution in [1.29, 1.82) is 5.26 Å². The lowest BCUT2D eigenvalue weighted by Gasteiger charge is -2.27. The fourth-order valence-corrected chi connectivity index (χ4v) is 5.67. The predicted octanol–water partition coefficient (Wildman–Crippen LogP) is 6.86. The van der Waals surface area contributed by atoms with Crippen LogP contribution in [0, 0.1) is 17.2 Å². The van der Waals surface area contributed by atoms with E-state index in [1.54, 1.807) is 12.1 Å². The third-order valence-electron chi connectivity index (χ3n) is 7.62. The highest BCUT2D eigenvalue weighted by molar-refractivity contribution is 6.30. The van der Waals surface area contributed by atoms with Gasteiger partial charge in [0.1, 0.15) is 11.6 Å². The molecule has 2 aromatic carbocycles. The minimum absolute atomic E-state index is 0.0216. The summed E-state index contributed by atoms with van der Waals surface area (Å²) < 4.78 is 1.94. The topological polar surface area (TPSA) is 108 Å². The number of nitrogens with one attached hydrogen (secondary N) is 3. The molecule has 1 unspecified atom stereocenters. The van der Waals surface area contributed by atoms with Gasteiger partial charge < -0.3 is 20.5 Å². The molecule has 9 heteroatoms. The number of nitrogens with zero attached hydrogens (tertiary/aromatic N) is 4. The predicted molar refractivity (Wildman–Crippen MR) is 166 cm³/mol. The number of benzene rings is 2. The minimum atomic E-state index is -0.0812. The zero-order valence-corrected chi connectivity index (χ0v) is 24.4. The summed E-state index contributed by atoms with van der Waals surface area (Å²) in [7, 11) is 0. The summed E-state index contributed by atoms with van der Waals surface area (Å²) in [6.45, 7) is 0.946. The van der Waals surface area contributed by atoms with Crippen LogP contribution in [0.3, 0.4) is 0 Å². The highest BCUT2D eigenvalue weighted by Gasteiger charge is 2.22. The van der Waals surface area contributed by atoms with Gasteiger partial charge in [-0.15, -0.1) is 0 Å². The summed E-state index contributed by atoms with van der Waals surface area (Å²) in [5.74, 6) is 2.45. The number of aromatic nitrogens is 3. The van der Waals surface area contributed by atoms with Crippen LogP contribution in [-0.4, -0.2) is 26.5 Å². The quantitative estimate of drug-likeness (QED) is 0.169. The Morgan fingerprint density at radius 1 is 0.976 bits per heavy atom. The van der Waals surface area contributed by atoms with E-state index in [4.69, 9.17) is 26.8 Å². The smallest absolute Gasteiger partial charge is 0.226 e. The van der Waals surface area contributed by atoms with Gasteiger partial charge in [-0.2, -0.15) is 15.2 Å². The molecule has 1 amide bonds. The van der Waals surface area contributed by atoms with Crippen LogP contribution < -0.4 is 16.0 Å². The van der Waals surface area contributed by atoms with Crippen molar-refractivity contribution in [3.05, 3.63) is 101 Å². The van der Waals surface area contributed by atoms with Crippen molar-refractivity contribution in [2.24, 2.45) is 5.92 Å². The van der Waals surface area contributed by atoms with E-state index in [1.807, 2.05) is 71.6 Å².